The summed E-state index contributed by atoms with van der Waals surface area (Å²) in [5.74, 6) is 0.587. The fourth-order valence-electron chi connectivity index (χ4n) is 3.31. The summed E-state index contributed by atoms with van der Waals surface area (Å²) in [6, 6.07) is 15.5. The van der Waals surface area contributed by atoms with E-state index in [9.17, 15) is 4.79 Å². The van der Waals surface area contributed by atoms with Crippen molar-refractivity contribution in [1.82, 2.24) is 29.5 Å². The molecular formula is C22H18N6O2S. The minimum atomic E-state index is -0.157. The predicted octanol–water partition coefficient (Wildman–Crippen LogP) is 3.58. The molecular weight excluding hydrogens is 412 g/mol. The van der Waals surface area contributed by atoms with Crippen LogP contribution in [0.15, 0.2) is 72.8 Å². The molecule has 9 heteroatoms. The Morgan fingerprint density at radius 2 is 2.00 bits per heavy atom. The summed E-state index contributed by atoms with van der Waals surface area (Å²) in [5.41, 5.74) is 4.10. The smallest absolute Gasteiger partial charge is 0.269 e. The third-order valence-corrected chi connectivity index (χ3v) is 5.74. The van der Waals surface area contributed by atoms with Gasteiger partial charge in [-0.2, -0.15) is 5.10 Å². The van der Waals surface area contributed by atoms with Gasteiger partial charge in [0.2, 0.25) is 0 Å². The number of carbonyl (C=O) groups is 1. The van der Waals surface area contributed by atoms with Gasteiger partial charge in [-0.15, -0.1) is 11.3 Å². The van der Waals surface area contributed by atoms with E-state index in [-0.39, 0.29) is 5.91 Å². The molecule has 31 heavy (non-hydrogen) atoms. The third-order valence-electron chi connectivity index (χ3n) is 4.90. The van der Waals surface area contributed by atoms with Crippen LogP contribution in [0.5, 0.6) is 5.75 Å². The first kappa shape index (κ1) is 19.0. The van der Waals surface area contributed by atoms with Crippen molar-refractivity contribution < 1.29 is 9.53 Å². The Hall–Kier alpha value is -3.98. The molecule has 0 aliphatic heterocycles. The second-order valence-electron chi connectivity index (χ2n) is 6.79. The fraction of sp³-hybridized carbons (Fsp3) is 0.0909. The van der Waals surface area contributed by atoms with Crippen molar-refractivity contribution in [3.05, 3.63) is 84.0 Å². The van der Waals surface area contributed by atoms with Gasteiger partial charge in [0.05, 0.1) is 18.5 Å². The number of nitrogens with one attached hydrogen (secondary N) is 1. The van der Waals surface area contributed by atoms with Gasteiger partial charge in [-0.1, -0.05) is 24.3 Å². The number of amides is 1. The quantitative estimate of drug-likeness (QED) is 0.445. The third kappa shape index (κ3) is 3.66. The molecule has 3 aromatic heterocycles. The van der Waals surface area contributed by atoms with Crippen molar-refractivity contribution >= 4 is 22.2 Å². The van der Waals surface area contributed by atoms with E-state index in [0.29, 0.717) is 12.2 Å². The molecule has 0 spiro atoms. The second-order valence-corrected chi connectivity index (χ2v) is 7.63. The van der Waals surface area contributed by atoms with Gasteiger partial charge in [0.15, 0.2) is 4.96 Å². The minimum Gasteiger partial charge on any atom is -0.496 e. The summed E-state index contributed by atoms with van der Waals surface area (Å²) in [7, 11) is 1.63. The van der Waals surface area contributed by atoms with Gasteiger partial charge < -0.3 is 10.1 Å². The summed E-state index contributed by atoms with van der Waals surface area (Å²) in [4.78, 5) is 22.2. The first-order valence-corrected chi connectivity index (χ1v) is 10.4. The highest BCUT2D eigenvalue weighted by Crippen LogP contribution is 2.30. The van der Waals surface area contributed by atoms with Crippen LogP contribution in [0.2, 0.25) is 0 Å². The van der Waals surface area contributed by atoms with Gasteiger partial charge in [-0.25, -0.2) is 14.6 Å². The molecule has 0 saturated heterocycles. The normalized spacial score (nSPS) is 11.0. The van der Waals surface area contributed by atoms with E-state index in [1.807, 2.05) is 64.5 Å². The van der Waals surface area contributed by atoms with E-state index >= 15 is 0 Å². The molecule has 1 amide bonds. The average Bonchev–Trinajstić information content (AvgIpc) is 3.55. The summed E-state index contributed by atoms with van der Waals surface area (Å²) < 4.78 is 8.93. The molecule has 1 N–H and O–H groups in total. The fourth-order valence-corrected chi connectivity index (χ4v) is 4.17. The van der Waals surface area contributed by atoms with Gasteiger partial charge in [0, 0.05) is 23.7 Å². The standard InChI is InChI=1S/C22H18N6O2S/c1-30-20-5-3-2-4-17(20)18-11-27-19(12-31-22(27)26-18)21(29)24-10-15-6-8-16(9-7-15)28-14-23-13-25-28/h2-9,11-14H,10H2,1H3,(H,24,29). The first-order valence-electron chi connectivity index (χ1n) is 9.55. The van der Waals surface area contributed by atoms with Crippen molar-refractivity contribution in [3.63, 3.8) is 0 Å². The van der Waals surface area contributed by atoms with Crippen LogP contribution in [0, 0.1) is 0 Å². The molecule has 0 saturated carbocycles. The molecule has 5 aromatic rings. The summed E-state index contributed by atoms with van der Waals surface area (Å²) in [6.07, 6.45) is 5.00. The molecule has 0 radical (unpaired) electrons. The number of benzene rings is 2. The predicted molar refractivity (Wildman–Crippen MR) is 118 cm³/mol. The van der Waals surface area contributed by atoms with E-state index in [2.05, 4.69) is 20.4 Å². The zero-order valence-corrected chi connectivity index (χ0v) is 17.4. The van der Waals surface area contributed by atoms with Gasteiger partial charge in [0.1, 0.15) is 24.1 Å². The minimum absolute atomic E-state index is 0.157. The van der Waals surface area contributed by atoms with Crippen LogP contribution >= 0.6 is 11.3 Å². The number of thiazole rings is 1. The Kier molecular flexibility index (Phi) is 4.93. The summed E-state index contributed by atoms with van der Waals surface area (Å²) in [5, 5.41) is 8.90. The first-order chi connectivity index (χ1) is 15.2. The number of methoxy groups -OCH3 is 1. The van der Waals surface area contributed by atoms with Crippen LogP contribution in [0.1, 0.15) is 16.1 Å². The number of imidazole rings is 1. The maximum Gasteiger partial charge on any atom is 0.269 e. The number of hydrogen-bond donors (Lipinski definition) is 1. The van der Waals surface area contributed by atoms with Crippen LogP contribution in [0.3, 0.4) is 0 Å². The SMILES string of the molecule is COc1ccccc1-c1cn2c(C(=O)NCc3ccc(-n4cncn4)cc3)csc2n1. The van der Waals surface area contributed by atoms with Crippen LogP contribution in [0.25, 0.3) is 21.9 Å². The lowest BCUT2D eigenvalue weighted by Crippen LogP contribution is -2.23. The number of fused-ring (bicyclic) bond motifs is 1. The van der Waals surface area contributed by atoms with Gasteiger partial charge in [0.25, 0.3) is 5.91 Å². The Morgan fingerprint density at radius 1 is 1.16 bits per heavy atom. The van der Waals surface area contributed by atoms with E-state index in [4.69, 9.17) is 4.74 Å². The number of rotatable bonds is 6. The van der Waals surface area contributed by atoms with Gasteiger partial charge >= 0.3 is 0 Å². The van der Waals surface area contributed by atoms with Crippen molar-refractivity contribution in [2.45, 2.75) is 6.54 Å². The maximum atomic E-state index is 12.8. The maximum absolute atomic E-state index is 12.8. The lowest BCUT2D eigenvalue weighted by molar-refractivity contribution is 0.0945. The molecule has 2 aromatic carbocycles. The molecule has 0 bridgehead atoms. The Balaban J connectivity index is 1.32. The van der Waals surface area contributed by atoms with Crippen molar-refractivity contribution in [2.24, 2.45) is 0 Å². The molecule has 5 rings (SSSR count). The highest BCUT2D eigenvalue weighted by molar-refractivity contribution is 7.15. The Bertz CT molecular complexity index is 1340. The van der Waals surface area contributed by atoms with Gasteiger partial charge in [-0.05, 0) is 29.8 Å². The largest absolute Gasteiger partial charge is 0.496 e. The molecule has 8 nitrogen and oxygen atoms in total. The summed E-state index contributed by atoms with van der Waals surface area (Å²) in [6.45, 7) is 0.419. The number of hydrogen-bond acceptors (Lipinski definition) is 6. The van der Waals surface area contributed by atoms with E-state index < -0.39 is 0 Å². The van der Waals surface area contributed by atoms with Crippen LogP contribution in [-0.4, -0.2) is 37.2 Å². The molecule has 0 atom stereocenters. The number of carbonyl (C=O) groups excluding carboxylic acids is 1. The highest BCUT2D eigenvalue weighted by Gasteiger charge is 2.16. The highest BCUT2D eigenvalue weighted by atomic mass is 32.1. The lowest BCUT2D eigenvalue weighted by atomic mass is 10.1. The number of para-hydroxylation sites is 1. The number of nitrogens with zero attached hydrogens (tertiary/aromatic N) is 5. The lowest BCUT2D eigenvalue weighted by Gasteiger charge is -2.06. The molecule has 3 heterocycles. The number of aromatic nitrogens is 5. The van der Waals surface area contributed by atoms with Crippen LogP contribution in [0.4, 0.5) is 0 Å². The summed E-state index contributed by atoms with van der Waals surface area (Å²) >= 11 is 1.43. The van der Waals surface area contributed by atoms with Crippen LogP contribution in [-0.2, 0) is 6.54 Å². The topological polar surface area (TPSA) is 86.3 Å². The molecule has 0 aliphatic rings. The van der Waals surface area contributed by atoms with Crippen molar-refractivity contribution in [2.75, 3.05) is 7.11 Å². The van der Waals surface area contributed by atoms with Crippen molar-refractivity contribution in [3.8, 4) is 22.7 Å². The molecule has 0 unspecified atom stereocenters. The Labute approximate surface area is 181 Å². The van der Waals surface area contributed by atoms with Gasteiger partial charge in [-0.3, -0.25) is 9.20 Å². The molecule has 154 valence electrons. The second kappa shape index (κ2) is 8.04. The average molecular weight is 430 g/mol. The Morgan fingerprint density at radius 3 is 2.77 bits per heavy atom. The molecule has 0 aliphatic carbocycles. The van der Waals surface area contributed by atoms with E-state index in [0.717, 1.165) is 33.2 Å². The van der Waals surface area contributed by atoms with Crippen LogP contribution < -0.4 is 10.1 Å². The van der Waals surface area contributed by atoms with E-state index in [1.165, 1.54) is 17.7 Å². The zero-order valence-electron chi connectivity index (χ0n) is 16.6. The number of ether oxygens (including phenoxy) is 1. The molecule has 0 fully saturated rings. The van der Waals surface area contributed by atoms with Crippen molar-refractivity contribution in [1.29, 1.82) is 0 Å². The zero-order chi connectivity index (χ0) is 21.2. The van der Waals surface area contributed by atoms with E-state index in [1.54, 1.807) is 18.1 Å². The monoisotopic (exact) mass is 430 g/mol.